The molecule has 0 saturated carbocycles. The van der Waals surface area contributed by atoms with Crippen molar-refractivity contribution < 1.29 is 0 Å². The van der Waals surface area contributed by atoms with Crippen LogP contribution in [0.3, 0.4) is 0 Å². The van der Waals surface area contributed by atoms with E-state index in [9.17, 15) is 0 Å². The van der Waals surface area contributed by atoms with E-state index in [1.165, 1.54) is 0 Å². The van der Waals surface area contributed by atoms with Gasteiger partial charge in [-0.25, -0.2) is 4.68 Å². The maximum atomic E-state index is 5.47. The van der Waals surface area contributed by atoms with E-state index in [4.69, 9.17) is 5.73 Å². The second-order valence-corrected chi connectivity index (χ2v) is 5.06. The minimum Gasteiger partial charge on any atom is -0.330 e. The lowest BCUT2D eigenvalue weighted by atomic mass is 10.3. The topological polar surface area (TPSA) is 56.7 Å². The summed E-state index contributed by atoms with van der Waals surface area (Å²) in [4.78, 5) is 0. The third kappa shape index (κ3) is 2.50. The molecule has 16 heavy (non-hydrogen) atoms. The standard InChI is InChI=1S/C10H10Br2N4/c11-7-1-2-9(12)10(5-7)16-6-8(3-4-13)14-15-16/h1-2,5-6H,3-4,13H2. The number of halogens is 2. The molecule has 0 amide bonds. The van der Waals surface area contributed by atoms with Crippen LogP contribution in [0.2, 0.25) is 0 Å². The minimum atomic E-state index is 0.582. The molecule has 0 aliphatic heterocycles. The summed E-state index contributed by atoms with van der Waals surface area (Å²) in [5.41, 5.74) is 7.32. The fourth-order valence-corrected chi connectivity index (χ4v) is 2.12. The Hall–Kier alpha value is -0.720. The van der Waals surface area contributed by atoms with Crippen molar-refractivity contribution >= 4 is 31.9 Å². The number of rotatable bonds is 3. The molecule has 1 aromatic carbocycles. The quantitative estimate of drug-likeness (QED) is 0.928. The molecule has 0 spiro atoms. The number of nitrogens with zero attached hydrogens (tertiary/aromatic N) is 3. The van der Waals surface area contributed by atoms with E-state index in [-0.39, 0.29) is 0 Å². The van der Waals surface area contributed by atoms with Crippen LogP contribution >= 0.6 is 31.9 Å². The molecule has 2 aromatic rings. The smallest absolute Gasteiger partial charge is 0.0844 e. The Balaban J connectivity index is 2.38. The van der Waals surface area contributed by atoms with E-state index in [1.807, 2.05) is 24.4 Å². The molecule has 0 radical (unpaired) electrons. The van der Waals surface area contributed by atoms with Gasteiger partial charge in [-0.3, -0.25) is 0 Å². The molecule has 2 rings (SSSR count). The summed E-state index contributed by atoms with van der Waals surface area (Å²) in [6.07, 6.45) is 2.63. The Morgan fingerprint density at radius 2 is 2.12 bits per heavy atom. The van der Waals surface area contributed by atoms with Crippen molar-refractivity contribution in [2.24, 2.45) is 5.73 Å². The summed E-state index contributed by atoms with van der Waals surface area (Å²) in [7, 11) is 0. The number of hydrogen-bond acceptors (Lipinski definition) is 3. The van der Waals surface area contributed by atoms with Gasteiger partial charge < -0.3 is 5.73 Å². The zero-order chi connectivity index (χ0) is 11.5. The van der Waals surface area contributed by atoms with Gasteiger partial charge in [0.2, 0.25) is 0 Å². The van der Waals surface area contributed by atoms with Gasteiger partial charge in [-0.05, 0) is 40.7 Å². The predicted octanol–water partition coefficient (Wildman–Crippen LogP) is 2.29. The lowest BCUT2D eigenvalue weighted by Gasteiger charge is -2.03. The number of nitrogens with two attached hydrogens (primary N) is 1. The zero-order valence-corrected chi connectivity index (χ0v) is 11.6. The van der Waals surface area contributed by atoms with E-state index in [1.54, 1.807) is 4.68 Å². The maximum Gasteiger partial charge on any atom is 0.0844 e. The normalized spacial score (nSPS) is 10.7. The first-order valence-electron chi connectivity index (χ1n) is 4.77. The number of aromatic nitrogens is 3. The van der Waals surface area contributed by atoms with Gasteiger partial charge in [-0.15, -0.1) is 5.10 Å². The molecule has 0 aliphatic carbocycles. The van der Waals surface area contributed by atoms with Crippen LogP contribution in [0, 0.1) is 0 Å². The van der Waals surface area contributed by atoms with Crippen LogP contribution < -0.4 is 5.73 Å². The van der Waals surface area contributed by atoms with Crippen molar-refractivity contribution in [3.8, 4) is 5.69 Å². The average Bonchev–Trinajstić information content (AvgIpc) is 2.71. The molecule has 1 aromatic heterocycles. The van der Waals surface area contributed by atoms with Gasteiger partial charge in [0.25, 0.3) is 0 Å². The second kappa shape index (κ2) is 5.07. The van der Waals surface area contributed by atoms with Gasteiger partial charge in [0, 0.05) is 15.4 Å². The molecule has 0 bridgehead atoms. The molecule has 0 saturated heterocycles. The molecule has 0 fully saturated rings. The second-order valence-electron chi connectivity index (χ2n) is 3.29. The van der Waals surface area contributed by atoms with Crippen LogP contribution in [-0.4, -0.2) is 21.5 Å². The van der Waals surface area contributed by atoms with Crippen molar-refractivity contribution in [1.82, 2.24) is 15.0 Å². The van der Waals surface area contributed by atoms with Crippen LogP contribution in [0.5, 0.6) is 0 Å². The van der Waals surface area contributed by atoms with Crippen molar-refractivity contribution in [1.29, 1.82) is 0 Å². The fraction of sp³-hybridized carbons (Fsp3) is 0.200. The van der Waals surface area contributed by atoms with Gasteiger partial charge >= 0.3 is 0 Å². The molecule has 2 N–H and O–H groups in total. The van der Waals surface area contributed by atoms with Crippen molar-refractivity contribution in [3.63, 3.8) is 0 Å². The highest BCUT2D eigenvalue weighted by atomic mass is 79.9. The zero-order valence-electron chi connectivity index (χ0n) is 8.40. The van der Waals surface area contributed by atoms with E-state index in [2.05, 4.69) is 42.2 Å². The summed E-state index contributed by atoms with van der Waals surface area (Å²) < 4.78 is 3.71. The maximum absolute atomic E-state index is 5.47. The first kappa shape index (κ1) is 11.8. The molecule has 1 heterocycles. The monoisotopic (exact) mass is 344 g/mol. The molecule has 4 nitrogen and oxygen atoms in total. The molecule has 0 atom stereocenters. The van der Waals surface area contributed by atoms with E-state index in [0.717, 1.165) is 26.7 Å². The van der Waals surface area contributed by atoms with Crippen LogP contribution in [0.25, 0.3) is 5.69 Å². The van der Waals surface area contributed by atoms with Gasteiger partial charge in [-0.1, -0.05) is 21.1 Å². The summed E-state index contributed by atoms with van der Waals surface area (Å²) >= 11 is 6.91. The Morgan fingerprint density at radius 3 is 2.88 bits per heavy atom. The number of benzene rings is 1. The third-order valence-electron chi connectivity index (χ3n) is 2.10. The molecular weight excluding hydrogens is 336 g/mol. The summed E-state index contributed by atoms with van der Waals surface area (Å²) in [5, 5.41) is 8.12. The van der Waals surface area contributed by atoms with Crippen LogP contribution in [0.4, 0.5) is 0 Å². The van der Waals surface area contributed by atoms with Crippen molar-refractivity contribution in [2.45, 2.75) is 6.42 Å². The molecule has 0 aliphatic rings. The van der Waals surface area contributed by atoms with Crippen LogP contribution in [-0.2, 0) is 6.42 Å². The fourth-order valence-electron chi connectivity index (χ4n) is 1.34. The predicted molar refractivity (Wildman–Crippen MR) is 69.5 cm³/mol. The highest BCUT2D eigenvalue weighted by molar-refractivity contribution is 9.11. The summed E-state index contributed by atoms with van der Waals surface area (Å²) in [6.45, 7) is 0.582. The highest BCUT2D eigenvalue weighted by Gasteiger charge is 2.06. The minimum absolute atomic E-state index is 0.582. The molecular formula is C10H10Br2N4. The van der Waals surface area contributed by atoms with Gasteiger partial charge in [0.15, 0.2) is 0 Å². The van der Waals surface area contributed by atoms with E-state index < -0.39 is 0 Å². The van der Waals surface area contributed by atoms with Crippen LogP contribution in [0.1, 0.15) is 5.69 Å². The molecule has 6 heteroatoms. The third-order valence-corrected chi connectivity index (χ3v) is 3.26. The lowest BCUT2D eigenvalue weighted by molar-refractivity contribution is 0.792. The highest BCUT2D eigenvalue weighted by Crippen LogP contribution is 2.24. The molecule has 84 valence electrons. The Labute approximate surface area is 110 Å². The van der Waals surface area contributed by atoms with Gasteiger partial charge in [-0.2, -0.15) is 0 Å². The summed E-state index contributed by atoms with van der Waals surface area (Å²) in [6, 6.07) is 5.90. The van der Waals surface area contributed by atoms with Gasteiger partial charge in [0.1, 0.15) is 0 Å². The largest absolute Gasteiger partial charge is 0.330 e. The van der Waals surface area contributed by atoms with Crippen LogP contribution in [0.15, 0.2) is 33.3 Å². The van der Waals surface area contributed by atoms with Crippen molar-refractivity contribution in [3.05, 3.63) is 39.0 Å². The lowest BCUT2D eigenvalue weighted by Crippen LogP contribution is -2.02. The van der Waals surface area contributed by atoms with E-state index >= 15 is 0 Å². The first-order chi connectivity index (χ1) is 7.70. The van der Waals surface area contributed by atoms with E-state index in [0.29, 0.717) is 6.54 Å². The number of hydrogen-bond donors (Lipinski definition) is 1. The first-order valence-corrected chi connectivity index (χ1v) is 6.36. The van der Waals surface area contributed by atoms with Gasteiger partial charge in [0.05, 0.1) is 17.6 Å². The van der Waals surface area contributed by atoms with Crippen molar-refractivity contribution in [2.75, 3.05) is 6.54 Å². The Bertz CT molecular complexity index is 495. The Morgan fingerprint density at radius 1 is 1.31 bits per heavy atom. The Kier molecular flexibility index (Phi) is 3.73. The molecule has 0 unspecified atom stereocenters. The summed E-state index contributed by atoms with van der Waals surface area (Å²) in [5.74, 6) is 0. The SMILES string of the molecule is NCCc1cn(-c2cc(Br)ccc2Br)nn1. The average molecular weight is 346 g/mol.